The molecule has 24 heavy (non-hydrogen) atoms. The molecule has 0 saturated carbocycles. The topological polar surface area (TPSA) is 115 Å². The molecule has 0 spiro atoms. The molecule has 0 atom stereocenters. The van der Waals surface area contributed by atoms with Crippen LogP contribution in [0.15, 0.2) is 22.7 Å². The van der Waals surface area contributed by atoms with Gasteiger partial charge < -0.3 is 23.8 Å². The Labute approximate surface area is 135 Å². The molecule has 0 aliphatic rings. The molecule has 0 radical (unpaired) electrons. The number of halogens is 2. The number of hydrogen-bond acceptors (Lipinski definition) is 6. The molecule has 0 fully saturated rings. The lowest BCUT2D eigenvalue weighted by Crippen LogP contribution is -2.34. The van der Waals surface area contributed by atoms with Crippen LogP contribution in [0.25, 0.3) is 11.5 Å². The Morgan fingerprint density at radius 3 is 2.21 bits per heavy atom. The predicted molar refractivity (Wildman–Crippen MR) is 76.6 cm³/mol. The summed E-state index contributed by atoms with van der Waals surface area (Å²) in [5, 5.41) is 3.39. The molecule has 0 aliphatic heterocycles. The Kier molecular flexibility index (Phi) is 5.46. The van der Waals surface area contributed by atoms with Crippen molar-refractivity contribution in [2.75, 3.05) is 13.2 Å². The summed E-state index contributed by atoms with van der Waals surface area (Å²) in [6, 6.07) is 3.10. The molecule has 8 nitrogen and oxygen atoms in total. The van der Waals surface area contributed by atoms with Gasteiger partial charge in [0.25, 0.3) is 5.89 Å². The lowest BCUT2D eigenvalue weighted by molar-refractivity contribution is -0.198. The fourth-order valence-corrected chi connectivity index (χ4v) is 2.96. The van der Waals surface area contributed by atoms with Gasteiger partial charge in [0.15, 0.2) is 0 Å². The molecule has 11 heteroatoms. The summed E-state index contributed by atoms with van der Waals surface area (Å²) in [5.41, 5.74) is -3.25. The zero-order valence-electron chi connectivity index (χ0n) is 12.8. The van der Waals surface area contributed by atoms with Gasteiger partial charge in [-0.3, -0.25) is 4.57 Å². The van der Waals surface area contributed by atoms with Crippen molar-refractivity contribution in [2.24, 2.45) is 0 Å². The van der Waals surface area contributed by atoms with Crippen molar-refractivity contribution < 1.29 is 37.1 Å². The molecule has 1 aromatic carbocycles. The van der Waals surface area contributed by atoms with Crippen LogP contribution in [0, 0.1) is 11.6 Å². The molecular weight excluding hydrogens is 349 g/mol. The minimum atomic E-state index is -5.08. The summed E-state index contributed by atoms with van der Waals surface area (Å²) in [7, 11) is -5.08. The first kappa shape index (κ1) is 18.6. The van der Waals surface area contributed by atoms with Crippen LogP contribution < -0.4 is 0 Å². The molecular formula is C13H15F2N2O6P. The molecule has 0 bridgehead atoms. The van der Waals surface area contributed by atoms with Crippen molar-refractivity contribution >= 4 is 7.60 Å². The number of benzene rings is 1. The highest BCUT2D eigenvalue weighted by Gasteiger charge is 2.55. The Morgan fingerprint density at radius 2 is 1.75 bits per heavy atom. The molecule has 1 heterocycles. The second-order valence-electron chi connectivity index (χ2n) is 4.51. The van der Waals surface area contributed by atoms with E-state index in [1.165, 1.54) is 13.8 Å². The standard InChI is InChI=1S/C13H15F2N2O6P/c1-3-21-13(22-4-2,24(18,19)20)12-16-11(23-17-12)10-8(14)6-5-7-9(10)15/h5-7H,3-4H2,1-2H3,(H2,18,19,20). The van der Waals surface area contributed by atoms with Crippen LogP contribution in [0.4, 0.5) is 8.78 Å². The van der Waals surface area contributed by atoms with Crippen molar-refractivity contribution in [3.8, 4) is 11.5 Å². The van der Waals surface area contributed by atoms with Crippen molar-refractivity contribution in [1.29, 1.82) is 0 Å². The van der Waals surface area contributed by atoms with E-state index in [2.05, 4.69) is 10.1 Å². The average molecular weight is 364 g/mol. The van der Waals surface area contributed by atoms with Gasteiger partial charge in [0, 0.05) is 13.2 Å². The van der Waals surface area contributed by atoms with Gasteiger partial charge in [-0.1, -0.05) is 11.2 Å². The van der Waals surface area contributed by atoms with Crippen molar-refractivity contribution in [1.82, 2.24) is 10.1 Å². The second kappa shape index (κ2) is 7.04. The fourth-order valence-electron chi connectivity index (χ4n) is 2.02. The Bertz CT molecular complexity index is 736. The first-order valence-electron chi connectivity index (χ1n) is 6.89. The minimum Gasteiger partial charge on any atom is -0.334 e. The van der Waals surface area contributed by atoms with E-state index in [0.29, 0.717) is 0 Å². The number of ether oxygens (including phenoxy) is 2. The quantitative estimate of drug-likeness (QED) is 0.568. The normalized spacial score (nSPS) is 12.6. The van der Waals surface area contributed by atoms with Crippen LogP contribution in [0.2, 0.25) is 0 Å². The summed E-state index contributed by atoms with van der Waals surface area (Å²) in [6.07, 6.45) is 0. The van der Waals surface area contributed by atoms with E-state index in [1.54, 1.807) is 0 Å². The predicted octanol–water partition coefficient (Wildman–Crippen LogP) is 2.38. The van der Waals surface area contributed by atoms with Gasteiger partial charge in [0.2, 0.25) is 5.82 Å². The number of hydrogen-bond donors (Lipinski definition) is 2. The molecule has 2 N–H and O–H groups in total. The van der Waals surface area contributed by atoms with E-state index in [4.69, 9.17) is 14.0 Å². The van der Waals surface area contributed by atoms with Crippen LogP contribution in [-0.2, 0) is 19.6 Å². The van der Waals surface area contributed by atoms with Gasteiger partial charge in [-0.15, -0.1) is 0 Å². The summed E-state index contributed by atoms with van der Waals surface area (Å²) < 4.78 is 54.4. The van der Waals surface area contributed by atoms with Crippen LogP contribution in [0.1, 0.15) is 19.7 Å². The summed E-state index contributed by atoms with van der Waals surface area (Å²) in [4.78, 5) is 22.9. The fraction of sp³-hybridized carbons (Fsp3) is 0.385. The first-order chi connectivity index (χ1) is 11.3. The van der Waals surface area contributed by atoms with Crippen LogP contribution in [0.5, 0.6) is 0 Å². The molecule has 2 rings (SSSR count). The maximum Gasteiger partial charge on any atom is 0.393 e. The van der Waals surface area contributed by atoms with E-state index in [-0.39, 0.29) is 13.2 Å². The Morgan fingerprint density at radius 1 is 1.21 bits per heavy atom. The molecule has 0 saturated heterocycles. The number of nitrogens with zero attached hydrogens (tertiary/aromatic N) is 2. The molecule has 0 unspecified atom stereocenters. The van der Waals surface area contributed by atoms with Gasteiger partial charge in [0.1, 0.15) is 17.2 Å². The third-order valence-corrected chi connectivity index (χ3v) is 4.17. The highest BCUT2D eigenvalue weighted by atomic mass is 31.2. The number of aromatic nitrogens is 2. The average Bonchev–Trinajstić information content (AvgIpc) is 2.95. The smallest absolute Gasteiger partial charge is 0.334 e. The maximum atomic E-state index is 13.8. The van der Waals surface area contributed by atoms with Crippen LogP contribution in [-0.4, -0.2) is 33.1 Å². The highest BCUT2D eigenvalue weighted by Crippen LogP contribution is 2.57. The van der Waals surface area contributed by atoms with Gasteiger partial charge in [-0.25, -0.2) is 8.78 Å². The van der Waals surface area contributed by atoms with Crippen LogP contribution >= 0.6 is 7.60 Å². The summed E-state index contributed by atoms with van der Waals surface area (Å²) in [6.45, 7) is 2.65. The third kappa shape index (κ3) is 3.24. The Hall–Kier alpha value is -1.71. The zero-order valence-corrected chi connectivity index (χ0v) is 13.7. The van der Waals surface area contributed by atoms with E-state index < -0.39 is 42.0 Å². The van der Waals surface area contributed by atoms with Gasteiger partial charge in [0.05, 0.1) is 0 Å². The lowest BCUT2D eigenvalue weighted by atomic mass is 10.2. The van der Waals surface area contributed by atoms with E-state index in [1.807, 2.05) is 0 Å². The monoisotopic (exact) mass is 364 g/mol. The highest BCUT2D eigenvalue weighted by molar-refractivity contribution is 7.52. The molecule has 0 amide bonds. The first-order valence-corrected chi connectivity index (χ1v) is 8.50. The second-order valence-corrected chi connectivity index (χ2v) is 6.19. The molecule has 1 aromatic heterocycles. The number of rotatable bonds is 7. The van der Waals surface area contributed by atoms with Crippen LogP contribution in [0.3, 0.4) is 0 Å². The molecule has 2 aromatic rings. The van der Waals surface area contributed by atoms with Gasteiger partial charge in [-0.05, 0) is 26.0 Å². The van der Waals surface area contributed by atoms with Gasteiger partial charge in [-0.2, -0.15) is 4.98 Å². The maximum absolute atomic E-state index is 13.8. The largest absolute Gasteiger partial charge is 0.393 e. The zero-order chi connectivity index (χ0) is 18.0. The van der Waals surface area contributed by atoms with Crippen molar-refractivity contribution in [3.63, 3.8) is 0 Å². The summed E-state index contributed by atoms with van der Waals surface area (Å²) >= 11 is 0. The summed E-state index contributed by atoms with van der Waals surface area (Å²) in [5.74, 6) is -3.21. The van der Waals surface area contributed by atoms with E-state index in [0.717, 1.165) is 18.2 Å². The molecule has 132 valence electrons. The Balaban J connectivity index is 2.59. The van der Waals surface area contributed by atoms with Gasteiger partial charge >= 0.3 is 13.1 Å². The van der Waals surface area contributed by atoms with Crippen molar-refractivity contribution in [2.45, 2.75) is 19.4 Å². The van der Waals surface area contributed by atoms with E-state index in [9.17, 15) is 23.1 Å². The third-order valence-electron chi connectivity index (χ3n) is 2.95. The van der Waals surface area contributed by atoms with Crippen molar-refractivity contribution in [3.05, 3.63) is 35.7 Å². The lowest BCUT2D eigenvalue weighted by Gasteiger charge is -2.29. The molecule has 0 aliphatic carbocycles. The SMILES string of the molecule is CCOC(OCC)(c1noc(-c2c(F)cccc2F)n1)P(=O)(O)O. The van der Waals surface area contributed by atoms with E-state index >= 15 is 0 Å². The minimum absolute atomic E-state index is 0.150.